The Morgan fingerprint density at radius 2 is 1.76 bits per heavy atom. The Balaban J connectivity index is 1.24. The fraction of sp³-hybridized carbons (Fsp3) is 0.538. The molecule has 0 spiro atoms. The van der Waals surface area contributed by atoms with Crippen molar-refractivity contribution in [2.24, 2.45) is 5.16 Å². The number of hydrogen-bond donors (Lipinski definition) is 2. The van der Waals surface area contributed by atoms with E-state index in [2.05, 4.69) is 30.7 Å². The third-order valence-electron chi connectivity index (χ3n) is 6.75. The number of benzene rings is 1. The molecule has 2 aromatic rings. The number of anilines is 2. The molecule has 1 saturated carbocycles. The number of carbonyl (C=O) groups excluding carboxylic acids is 1. The largest absolute Gasteiger partial charge is 0.392 e. The number of piperidine rings is 1. The van der Waals surface area contributed by atoms with Crippen LogP contribution in [0, 0.1) is 18.6 Å². The van der Waals surface area contributed by atoms with Crippen molar-refractivity contribution in [3.05, 3.63) is 47.3 Å². The molecule has 2 heterocycles. The summed E-state index contributed by atoms with van der Waals surface area (Å²) in [5.74, 6) is -0.815. The number of halogens is 2. The van der Waals surface area contributed by atoms with Gasteiger partial charge in [-0.2, -0.15) is 0 Å². The zero-order valence-electron chi connectivity index (χ0n) is 21.3. The van der Waals surface area contributed by atoms with Crippen LogP contribution in [0.5, 0.6) is 0 Å². The highest BCUT2D eigenvalue weighted by Gasteiger charge is 2.25. The molecule has 0 radical (unpaired) electrons. The first kappa shape index (κ1) is 26.7. The number of aryl methyl sites for hydroxylation is 1. The molecule has 1 aliphatic carbocycles. The van der Waals surface area contributed by atoms with Crippen molar-refractivity contribution in [2.75, 3.05) is 43.6 Å². The lowest BCUT2D eigenvalue weighted by atomic mass is 9.83. The number of urea groups is 1. The highest BCUT2D eigenvalue weighted by molar-refractivity contribution is 5.89. The van der Waals surface area contributed by atoms with Gasteiger partial charge in [0.05, 0.1) is 12.3 Å². The summed E-state index contributed by atoms with van der Waals surface area (Å²) in [6.45, 7) is 4.14. The molecule has 2 amide bonds. The molecule has 0 unspecified atom stereocenters. The van der Waals surface area contributed by atoms with Crippen LogP contribution < -0.4 is 15.5 Å². The topological polar surface area (TPSA) is 101 Å². The molecular formula is C26H34F2N6O3. The van der Waals surface area contributed by atoms with Crippen molar-refractivity contribution >= 4 is 23.4 Å². The highest BCUT2D eigenvalue weighted by Crippen LogP contribution is 2.34. The van der Waals surface area contributed by atoms with E-state index in [1.807, 2.05) is 19.3 Å². The van der Waals surface area contributed by atoms with Crippen molar-refractivity contribution in [3.63, 3.8) is 0 Å². The van der Waals surface area contributed by atoms with Gasteiger partial charge >= 0.3 is 6.03 Å². The smallest absolute Gasteiger partial charge is 0.319 e. The Morgan fingerprint density at radius 3 is 2.38 bits per heavy atom. The Labute approximate surface area is 215 Å². The van der Waals surface area contributed by atoms with E-state index >= 15 is 0 Å². The van der Waals surface area contributed by atoms with Crippen LogP contribution in [0.3, 0.4) is 0 Å². The average Bonchev–Trinajstić information content (AvgIpc) is 2.91. The fourth-order valence-corrected chi connectivity index (χ4v) is 4.61. The van der Waals surface area contributed by atoms with Gasteiger partial charge in [0.25, 0.3) is 0 Å². The third kappa shape index (κ3) is 7.34. The SMILES string of the molecule is COCCNC(=O)Nc1c(F)cc(C2CCC(=NOC3CCN(c4ncc(C)cn4)CC3)CC2)cc1F. The molecule has 1 aromatic carbocycles. The maximum Gasteiger partial charge on any atom is 0.319 e. The van der Waals surface area contributed by atoms with Crippen LogP contribution in [-0.4, -0.2) is 61.2 Å². The van der Waals surface area contributed by atoms with Gasteiger partial charge in [-0.3, -0.25) is 0 Å². The average molecular weight is 517 g/mol. The van der Waals surface area contributed by atoms with Crippen LogP contribution in [-0.2, 0) is 9.57 Å². The minimum Gasteiger partial charge on any atom is -0.392 e. The van der Waals surface area contributed by atoms with Gasteiger partial charge < -0.3 is 25.1 Å². The fourth-order valence-electron chi connectivity index (χ4n) is 4.61. The highest BCUT2D eigenvalue weighted by atomic mass is 19.1. The predicted molar refractivity (Wildman–Crippen MR) is 137 cm³/mol. The molecule has 11 heteroatoms. The molecular weight excluding hydrogens is 482 g/mol. The summed E-state index contributed by atoms with van der Waals surface area (Å²) in [6.07, 6.45) is 8.29. The maximum absolute atomic E-state index is 14.6. The van der Waals surface area contributed by atoms with Crippen molar-refractivity contribution in [1.29, 1.82) is 0 Å². The number of oxime groups is 1. The van der Waals surface area contributed by atoms with E-state index in [0.29, 0.717) is 25.0 Å². The summed E-state index contributed by atoms with van der Waals surface area (Å²) in [6, 6.07) is 1.93. The number of aromatic nitrogens is 2. The molecule has 0 atom stereocenters. The minimum absolute atomic E-state index is 0.0188. The van der Waals surface area contributed by atoms with Crippen molar-refractivity contribution in [2.45, 2.75) is 57.5 Å². The van der Waals surface area contributed by atoms with Crippen LogP contribution in [0.25, 0.3) is 0 Å². The molecule has 0 bridgehead atoms. The number of ether oxygens (including phenoxy) is 1. The number of amides is 2. The first-order valence-electron chi connectivity index (χ1n) is 12.7. The number of hydrogen-bond acceptors (Lipinski definition) is 7. The lowest BCUT2D eigenvalue weighted by molar-refractivity contribution is 0.0406. The number of nitrogens with zero attached hydrogens (tertiary/aromatic N) is 4. The molecule has 2 aliphatic rings. The van der Waals surface area contributed by atoms with E-state index in [9.17, 15) is 13.6 Å². The van der Waals surface area contributed by atoms with Crippen molar-refractivity contribution in [3.8, 4) is 0 Å². The van der Waals surface area contributed by atoms with Gasteiger partial charge in [0, 0.05) is 52.0 Å². The minimum atomic E-state index is -0.790. The summed E-state index contributed by atoms with van der Waals surface area (Å²) in [4.78, 5) is 28.6. The van der Waals surface area contributed by atoms with Gasteiger partial charge in [-0.15, -0.1) is 0 Å². The number of methoxy groups -OCH3 is 1. The van der Waals surface area contributed by atoms with E-state index in [4.69, 9.17) is 9.57 Å². The standard InChI is InChI=1S/C26H34F2N6O3/c1-17-15-30-25(31-16-17)34-10-7-21(8-11-34)37-33-20-5-3-18(4-6-20)19-13-22(27)24(23(28)14-19)32-26(35)29-9-12-36-2/h13-16,18,21H,3-12H2,1-2H3,(H2,29,32,35). The summed E-state index contributed by atoms with van der Waals surface area (Å²) in [7, 11) is 1.50. The molecule has 2 fully saturated rings. The molecule has 200 valence electrons. The maximum atomic E-state index is 14.6. The first-order chi connectivity index (χ1) is 17.9. The molecule has 1 aliphatic heterocycles. The zero-order valence-corrected chi connectivity index (χ0v) is 21.3. The van der Waals surface area contributed by atoms with Gasteiger partial charge in [0.2, 0.25) is 5.95 Å². The summed E-state index contributed by atoms with van der Waals surface area (Å²) < 4.78 is 34.1. The molecule has 9 nitrogen and oxygen atoms in total. The zero-order chi connectivity index (χ0) is 26.2. The second-order valence-corrected chi connectivity index (χ2v) is 9.52. The lowest BCUT2D eigenvalue weighted by Gasteiger charge is -2.31. The first-order valence-corrected chi connectivity index (χ1v) is 12.7. The Bertz CT molecular complexity index is 1060. The summed E-state index contributed by atoms with van der Waals surface area (Å²) >= 11 is 0. The predicted octanol–water partition coefficient (Wildman–Crippen LogP) is 4.53. The van der Waals surface area contributed by atoms with Gasteiger partial charge in [-0.1, -0.05) is 5.16 Å². The van der Waals surface area contributed by atoms with Crippen LogP contribution >= 0.6 is 0 Å². The summed E-state index contributed by atoms with van der Waals surface area (Å²) in [5.41, 5.74) is 2.15. The van der Waals surface area contributed by atoms with Crippen LogP contribution in [0.15, 0.2) is 29.7 Å². The van der Waals surface area contributed by atoms with Crippen molar-refractivity contribution in [1.82, 2.24) is 15.3 Å². The van der Waals surface area contributed by atoms with E-state index in [-0.39, 0.29) is 18.6 Å². The Kier molecular flexibility index (Phi) is 9.21. The monoisotopic (exact) mass is 516 g/mol. The van der Waals surface area contributed by atoms with Gasteiger partial charge in [0.1, 0.15) is 23.4 Å². The lowest BCUT2D eigenvalue weighted by Crippen LogP contribution is -2.37. The van der Waals surface area contributed by atoms with Gasteiger partial charge in [-0.25, -0.2) is 23.5 Å². The molecule has 1 aromatic heterocycles. The van der Waals surface area contributed by atoms with Gasteiger partial charge in [-0.05, 0) is 61.8 Å². The second-order valence-electron chi connectivity index (χ2n) is 9.52. The quantitative estimate of drug-likeness (QED) is 0.395. The van der Waals surface area contributed by atoms with E-state index in [1.165, 1.54) is 19.2 Å². The van der Waals surface area contributed by atoms with E-state index in [0.717, 1.165) is 56.0 Å². The number of nitrogens with one attached hydrogen (secondary N) is 2. The molecule has 4 rings (SSSR count). The van der Waals surface area contributed by atoms with Crippen LogP contribution in [0.4, 0.5) is 25.2 Å². The Morgan fingerprint density at radius 1 is 1.11 bits per heavy atom. The van der Waals surface area contributed by atoms with E-state index < -0.39 is 23.4 Å². The Hall–Kier alpha value is -3.34. The molecule has 2 N–H and O–H groups in total. The molecule has 1 saturated heterocycles. The van der Waals surface area contributed by atoms with Crippen LogP contribution in [0.1, 0.15) is 55.6 Å². The molecule has 37 heavy (non-hydrogen) atoms. The normalized spacial score (nSPS) is 18.4. The number of rotatable bonds is 8. The van der Waals surface area contributed by atoms with E-state index in [1.54, 1.807) is 0 Å². The summed E-state index contributed by atoms with van der Waals surface area (Å²) in [5, 5.41) is 9.12. The number of carbonyl (C=O) groups is 1. The van der Waals surface area contributed by atoms with Crippen LogP contribution in [0.2, 0.25) is 0 Å². The van der Waals surface area contributed by atoms with Gasteiger partial charge in [0.15, 0.2) is 0 Å². The second kappa shape index (κ2) is 12.8. The third-order valence-corrected chi connectivity index (χ3v) is 6.75. The van der Waals surface area contributed by atoms with Crippen molar-refractivity contribution < 1.29 is 23.1 Å².